The molecule has 28 heavy (non-hydrogen) atoms. The first-order valence-electron chi connectivity index (χ1n) is 9.01. The largest absolute Gasteiger partial charge is 0.486 e. The molecule has 8 heteroatoms. The summed E-state index contributed by atoms with van der Waals surface area (Å²) in [6.45, 7) is 4.66. The van der Waals surface area contributed by atoms with Crippen LogP contribution in [0.25, 0.3) is 0 Å². The number of carbonyl (C=O) groups excluding carboxylic acids is 1. The Labute approximate surface area is 162 Å². The fraction of sp³-hybridized carbons (Fsp3) is 0.350. The highest BCUT2D eigenvalue weighted by Crippen LogP contribution is 2.34. The summed E-state index contributed by atoms with van der Waals surface area (Å²) >= 11 is 0. The highest BCUT2D eigenvalue weighted by molar-refractivity contribution is 5.78. The Morgan fingerprint density at radius 3 is 2.61 bits per heavy atom. The number of carbonyl (C=O) groups is 1. The Hall–Kier alpha value is -3.29. The van der Waals surface area contributed by atoms with Crippen molar-refractivity contribution < 1.29 is 23.9 Å². The second-order valence-corrected chi connectivity index (χ2v) is 6.71. The zero-order chi connectivity index (χ0) is 20.1. The molecule has 0 spiro atoms. The van der Waals surface area contributed by atoms with Crippen LogP contribution in [0.15, 0.2) is 42.5 Å². The van der Waals surface area contributed by atoms with Gasteiger partial charge >= 0.3 is 5.69 Å². The maximum absolute atomic E-state index is 12.4. The number of nitrogens with one attached hydrogen (secondary N) is 1. The van der Waals surface area contributed by atoms with Crippen molar-refractivity contribution >= 4 is 11.6 Å². The van der Waals surface area contributed by atoms with Gasteiger partial charge < -0.3 is 19.5 Å². The third-order valence-electron chi connectivity index (χ3n) is 4.33. The van der Waals surface area contributed by atoms with Crippen molar-refractivity contribution in [1.82, 2.24) is 5.32 Å². The molecule has 2 aromatic rings. The summed E-state index contributed by atoms with van der Waals surface area (Å²) in [7, 11) is 0. The third-order valence-corrected chi connectivity index (χ3v) is 4.33. The minimum atomic E-state index is -0.542. The summed E-state index contributed by atoms with van der Waals surface area (Å²) in [4.78, 5) is 22.9. The molecular weight excluding hydrogens is 364 g/mol. The van der Waals surface area contributed by atoms with Gasteiger partial charge in [-0.2, -0.15) is 0 Å². The van der Waals surface area contributed by atoms with E-state index < -0.39 is 4.92 Å². The molecular formula is C20H22N2O6. The van der Waals surface area contributed by atoms with Crippen LogP contribution in [0.2, 0.25) is 0 Å². The number of ether oxygens (including phenoxy) is 3. The predicted octanol–water partition coefficient (Wildman–Crippen LogP) is 3.26. The van der Waals surface area contributed by atoms with E-state index in [1.807, 2.05) is 32.0 Å². The third kappa shape index (κ3) is 4.51. The standard InChI is InChI=1S/C20H22N2O6/c1-13(2)20(14-7-8-17-18(11-14)27-10-9-26-17)21-19(23)12-28-16-6-4-3-5-15(16)22(24)25/h3-8,11,13,20H,9-10,12H2,1-2H3,(H,21,23). The van der Waals surface area contributed by atoms with E-state index in [0.717, 1.165) is 5.56 Å². The normalized spacial score (nSPS) is 13.7. The summed E-state index contributed by atoms with van der Waals surface area (Å²) < 4.78 is 16.5. The fourth-order valence-corrected chi connectivity index (χ4v) is 2.98. The van der Waals surface area contributed by atoms with Gasteiger partial charge in [0.2, 0.25) is 0 Å². The molecule has 1 heterocycles. The van der Waals surface area contributed by atoms with Crippen molar-refractivity contribution in [1.29, 1.82) is 0 Å². The van der Waals surface area contributed by atoms with E-state index in [2.05, 4.69) is 5.32 Å². The number of para-hydroxylation sites is 2. The summed E-state index contributed by atoms with van der Waals surface area (Å²) in [6, 6.07) is 11.3. The number of hydrogen-bond acceptors (Lipinski definition) is 6. The summed E-state index contributed by atoms with van der Waals surface area (Å²) in [6.07, 6.45) is 0. The van der Waals surface area contributed by atoms with E-state index in [1.165, 1.54) is 12.1 Å². The first-order valence-corrected chi connectivity index (χ1v) is 9.01. The van der Waals surface area contributed by atoms with Crippen LogP contribution in [-0.4, -0.2) is 30.7 Å². The zero-order valence-corrected chi connectivity index (χ0v) is 15.7. The van der Waals surface area contributed by atoms with Crippen molar-refractivity contribution in [3.05, 3.63) is 58.1 Å². The quantitative estimate of drug-likeness (QED) is 0.579. The second kappa shape index (κ2) is 8.60. The van der Waals surface area contributed by atoms with Crippen molar-refractivity contribution in [2.75, 3.05) is 19.8 Å². The number of nitro benzene ring substituents is 1. The fourth-order valence-electron chi connectivity index (χ4n) is 2.98. The van der Waals surface area contributed by atoms with Gasteiger partial charge in [-0.05, 0) is 29.7 Å². The molecule has 1 N–H and O–H groups in total. The van der Waals surface area contributed by atoms with E-state index in [1.54, 1.807) is 12.1 Å². The molecule has 3 rings (SSSR count). The first-order chi connectivity index (χ1) is 13.5. The van der Waals surface area contributed by atoms with E-state index >= 15 is 0 Å². The summed E-state index contributed by atoms with van der Waals surface area (Å²) in [5, 5.41) is 14.0. The maximum Gasteiger partial charge on any atom is 0.310 e. The van der Waals surface area contributed by atoms with Crippen molar-refractivity contribution in [2.24, 2.45) is 5.92 Å². The van der Waals surface area contributed by atoms with Crippen LogP contribution in [0.3, 0.4) is 0 Å². The van der Waals surface area contributed by atoms with E-state index in [0.29, 0.717) is 24.7 Å². The van der Waals surface area contributed by atoms with Crippen LogP contribution < -0.4 is 19.5 Å². The average Bonchev–Trinajstić information content (AvgIpc) is 2.70. The lowest BCUT2D eigenvalue weighted by Gasteiger charge is -2.25. The molecule has 0 fully saturated rings. The van der Waals surface area contributed by atoms with Crippen LogP contribution in [0.1, 0.15) is 25.5 Å². The highest BCUT2D eigenvalue weighted by atomic mass is 16.6. The molecule has 1 aliphatic heterocycles. The molecule has 1 unspecified atom stereocenters. The van der Waals surface area contributed by atoms with Crippen LogP contribution in [0.4, 0.5) is 5.69 Å². The molecule has 0 aromatic heterocycles. The van der Waals surface area contributed by atoms with E-state index in [4.69, 9.17) is 14.2 Å². The number of nitro groups is 1. The molecule has 0 radical (unpaired) electrons. The molecule has 1 amide bonds. The van der Waals surface area contributed by atoms with Gasteiger partial charge in [0.05, 0.1) is 11.0 Å². The van der Waals surface area contributed by atoms with Crippen molar-refractivity contribution in [2.45, 2.75) is 19.9 Å². The lowest BCUT2D eigenvalue weighted by atomic mass is 9.95. The van der Waals surface area contributed by atoms with Gasteiger partial charge in [-0.15, -0.1) is 0 Å². The molecule has 1 atom stereocenters. The number of hydrogen-bond donors (Lipinski definition) is 1. The van der Waals surface area contributed by atoms with Gasteiger partial charge in [-0.25, -0.2) is 0 Å². The summed E-state index contributed by atoms with van der Waals surface area (Å²) in [5.74, 6) is 1.13. The van der Waals surface area contributed by atoms with Gasteiger partial charge in [0.1, 0.15) is 13.2 Å². The molecule has 0 saturated heterocycles. The van der Waals surface area contributed by atoms with Gasteiger partial charge in [0.15, 0.2) is 23.9 Å². The van der Waals surface area contributed by atoms with E-state index in [9.17, 15) is 14.9 Å². The molecule has 8 nitrogen and oxygen atoms in total. The Bertz CT molecular complexity index is 868. The van der Waals surface area contributed by atoms with Crippen LogP contribution in [0, 0.1) is 16.0 Å². The molecule has 0 saturated carbocycles. The SMILES string of the molecule is CC(C)C(NC(=O)COc1ccccc1[N+](=O)[O-])c1ccc2c(c1)OCCO2. The minimum Gasteiger partial charge on any atom is -0.486 e. The minimum absolute atomic E-state index is 0.0584. The van der Waals surface area contributed by atoms with Crippen LogP contribution in [0.5, 0.6) is 17.2 Å². The summed E-state index contributed by atoms with van der Waals surface area (Å²) in [5.41, 5.74) is 0.709. The van der Waals surface area contributed by atoms with Crippen molar-refractivity contribution in [3.63, 3.8) is 0 Å². The molecule has 0 bridgehead atoms. The molecule has 1 aliphatic rings. The average molecular weight is 386 g/mol. The van der Waals surface area contributed by atoms with Gasteiger partial charge in [-0.3, -0.25) is 14.9 Å². The van der Waals surface area contributed by atoms with E-state index in [-0.39, 0.29) is 35.9 Å². The lowest BCUT2D eigenvalue weighted by Crippen LogP contribution is -2.35. The number of rotatable bonds is 7. The Balaban J connectivity index is 1.68. The highest BCUT2D eigenvalue weighted by Gasteiger charge is 2.22. The van der Waals surface area contributed by atoms with Gasteiger partial charge in [0.25, 0.3) is 5.91 Å². The molecule has 2 aromatic carbocycles. The monoisotopic (exact) mass is 386 g/mol. The van der Waals surface area contributed by atoms with Crippen LogP contribution in [-0.2, 0) is 4.79 Å². The van der Waals surface area contributed by atoms with Gasteiger partial charge in [0, 0.05) is 6.07 Å². The zero-order valence-electron chi connectivity index (χ0n) is 15.7. The Morgan fingerprint density at radius 2 is 1.89 bits per heavy atom. The Kier molecular flexibility index (Phi) is 5.98. The smallest absolute Gasteiger partial charge is 0.310 e. The van der Waals surface area contributed by atoms with Gasteiger partial charge in [-0.1, -0.05) is 32.0 Å². The van der Waals surface area contributed by atoms with Crippen LogP contribution >= 0.6 is 0 Å². The molecule has 0 aliphatic carbocycles. The number of nitrogens with zero attached hydrogens (tertiary/aromatic N) is 1. The predicted molar refractivity (Wildman–Crippen MR) is 102 cm³/mol. The number of benzene rings is 2. The first kappa shape index (κ1) is 19.5. The lowest BCUT2D eigenvalue weighted by molar-refractivity contribution is -0.385. The topological polar surface area (TPSA) is 99.9 Å². The van der Waals surface area contributed by atoms with Crippen molar-refractivity contribution in [3.8, 4) is 17.2 Å². The number of fused-ring (bicyclic) bond motifs is 1. The Morgan fingerprint density at radius 1 is 1.18 bits per heavy atom. The molecule has 148 valence electrons. The number of amides is 1. The second-order valence-electron chi connectivity index (χ2n) is 6.71. The maximum atomic E-state index is 12.4.